The van der Waals surface area contributed by atoms with E-state index < -0.39 is 0 Å². The number of nitrogens with one attached hydrogen (secondary N) is 1. The number of carbonyl (C=O) groups is 1. The van der Waals surface area contributed by atoms with E-state index in [0.717, 1.165) is 33.5 Å². The second kappa shape index (κ2) is 10.6. The molecule has 0 fully saturated rings. The van der Waals surface area contributed by atoms with Gasteiger partial charge in [0.1, 0.15) is 5.56 Å². The molecule has 0 bridgehead atoms. The molecule has 3 aromatic carbocycles. The van der Waals surface area contributed by atoms with Gasteiger partial charge >= 0.3 is 0 Å². The third-order valence-electron chi connectivity index (χ3n) is 6.49. The summed E-state index contributed by atoms with van der Waals surface area (Å²) in [7, 11) is 1.59. The second-order valence-electron chi connectivity index (χ2n) is 9.19. The van der Waals surface area contributed by atoms with Crippen LogP contribution in [0.15, 0.2) is 76.1 Å². The average molecular weight is 524 g/mol. The second-order valence-corrected chi connectivity index (χ2v) is 10.3. The van der Waals surface area contributed by atoms with Crippen LogP contribution in [0.2, 0.25) is 0 Å². The Hall–Kier alpha value is -4.23. The Labute approximate surface area is 225 Å². The fraction of sp³-hybridized carbons (Fsp3) is 0.194. The SMILES string of the molecule is CCc1sc(NC(=O)c2cc3cccc(OC)c3oc2=Nc2ccc(C)cc2)nc1-c1ccc(C)c(C)c1. The molecule has 0 unspecified atom stereocenters. The predicted octanol–water partition coefficient (Wildman–Crippen LogP) is 7.54. The van der Waals surface area contributed by atoms with Crippen molar-refractivity contribution in [3.05, 3.63) is 99.4 Å². The van der Waals surface area contributed by atoms with Crippen molar-refractivity contribution in [1.82, 2.24) is 4.98 Å². The maximum atomic E-state index is 13.6. The topological polar surface area (TPSA) is 76.7 Å². The molecule has 6 nitrogen and oxygen atoms in total. The van der Waals surface area contributed by atoms with Gasteiger partial charge in [-0.1, -0.05) is 48.9 Å². The molecular weight excluding hydrogens is 494 g/mol. The normalized spacial score (nSPS) is 11.7. The van der Waals surface area contributed by atoms with Crippen LogP contribution in [0, 0.1) is 20.8 Å². The van der Waals surface area contributed by atoms with Crippen LogP contribution in [-0.2, 0) is 6.42 Å². The highest BCUT2D eigenvalue weighted by Gasteiger charge is 2.19. The molecule has 192 valence electrons. The molecular formula is C31H29N3O3S. The lowest BCUT2D eigenvalue weighted by atomic mass is 10.0. The van der Waals surface area contributed by atoms with E-state index in [1.54, 1.807) is 13.2 Å². The minimum atomic E-state index is -0.340. The largest absolute Gasteiger partial charge is 0.493 e. The van der Waals surface area contributed by atoms with Gasteiger partial charge in [-0.25, -0.2) is 9.98 Å². The smallest absolute Gasteiger partial charge is 0.262 e. The van der Waals surface area contributed by atoms with Gasteiger partial charge in [0, 0.05) is 15.8 Å². The van der Waals surface area contributed by atoms with Crippen molar-refractivity contribution in [2.24, 2.45) is 4.99 Å². The summed E-state index contributed by atoms with van der Waals surface area (Å²) in [5.74, 6) is 0.229. The summed E-state index contributed by atoms with van der Waals surface area (Å²) in [6, 6.07) is 21.4. The molecule has 0 atom stereocenters. The molecule has 2 aromatic heterocycles. The number of ether oxygens (including phenoxy) is 1. The number of aryl methyl sites for hydroxylation is 4. The fourth-order valence-electron chi connectivity index (χ4n) is 4.19. The van der Waals surface area contributed by atoms with E-state index in [-0.39, 0.29) is 11.5 Å². The highest BCUT2D eigenvalue weighted by molar-refractivity contribution is 7.16. The van der Waals surface area contributed by atoms with Gasteiger partial charge in [0.05, 0.1) is 18.5 Å². The molecule has 1 N–H and O–H groups in total. The quantitative estimate of drug-likeness (QED) is 0.249. The Bertz CT molecular complexity index is 1720. The number of aromatic nitrogens is 1. The van der Waals surface area contributed by atoms with Crippen LogP contribution in [0.5, 0.6) is 5.75 Å². The number of hydrogen-bond acceptors (Lipinski definition) is 6. The summed E-state index contributed by atoms with van der Waals surface area (Å²) >= 11 is 1.48. The number of para-hydroxylation sites is 1. The standard InChI is InChI=1S/C31H29N3O3S/c1-6-26-27(21-13-12-19(3)20(4)16-21)33-31(38-26)34-29(35)24-17-22-8-7-9-25(36-5)28(22)37-30(24)32-23-14-10-18(2)11-15-23/h7-17H,6H2,1-5H3,(H,33,34,35). The predicted molar refractivity (Wildman–Crippen MR) is 154 cm³/mol. The van der Waals surface area contributed by atoms with Crippen molar-refractivity contribution in [2.75, 3.05) is 12.4 Å². The van der Waals surface area contributed by atoms with Crippen LogP contribution < -0.4 is 15.6 Å². The van der Waals surface area contributed by atoms with Crippen LogP contribution in [0.25, 0.3) is 22.2 Å². The van der Waals surface area contributed by atoms with E-state index in [2.05, 4.69) is 49.3 Å². The van der Waals surface area contributed by atoms with Gasteiger partial charge in [0.2, 0.25) is 5.55 Å². The van der Waals surface area contributed by atoms with Crippen molar-refractivity contribution in [3.63, 3.8) is 0 Å². The van der Waals surface area contributed by atoms with Crippen LogP contribution in [0.3, 0.4) is 0 Å². The molecule has 0 saturated heterocycles. The third-order valence-corrected chi connectivity index (χ3v) is 7.60. The zero-order valence-corrected chi connectivity index (χ0v) is 22.9. The number of anilines is 1. The molecule has 5 aromatic rings. The Morgan fingerprint density at radius 1 is 1.03 bits per heavy atom. The number of amides is 1. The number of methoxy groups -OCH3 is 1. The summed E-state index contributed by atoms with van der Waals surface area (Å²) in [5, 5.41) is 4.27. The summed E-state index contributed by atoms with van der Waals surface area (Å²) in [6.07, 6.45) is 0.814. The van der Waals surface area contributed by atoms with Crippen molar-refractivity contribution in [1.29, 1.82) is 0 Å². The van der Waals surface area contributed by atoms with Crippen LogP contribution >= 0.6 is 11.3 Å². The van der Waals surface area contributed by atoms with Gasteiger partial charge in [-0.3, -0.25) is 10.1 Å². The molecule has 1 amide bonds. The average Bonchev–Trinajstić information content (AvgIpc) is 3.33. The van der Waals surface area contributed by atoms with Crippen molar-refractivity contribution in [3.8, 4) is 17.0 Å². The first kappa shape index (κ1) is 25.4. The summed E-state index contributed by atoms with van der Waals surface area (Å²) in [4.78, 5) is 24.2. The lowest BCUT2D eigenvalue weighted by Gasteiger charge is -2.08. The molecule has 0 spiro atoms. The highest BCUT2D eigenvalue weighted by Crippen LogP contribution is 2.33. The highest BCUT2D eigenvalue weighted by atomic mass is 32.1. The van der Waals surface area contributed by atoms with E-state index in [4.69, 9.17) is 14.1 Å². The number of carbonyl (C=O) groups excluding carboxylic acids is 1. The minimum absolute atomic E-state index is 0.199. The van der Waals surface area contributed by atoms with E-state index in [0.29, 0.717) is 27.7 Å². The molecule has 0 saturated carbocycles. The van der Waals surface area contributed by atoms with Crippen molar-refractivity contribution in [2.45, 2.75) is 34.1 Å². The van der Waals surface area contributed by atoms with Crippen LogP contribution in [0.1, 0.15) is 38.8 Å². The van der Waals surface area contributed by atoms with Gasteiger partial charge in [-0.2, -0.15) is 0 Å². The fourth-order valence-corrected chi connectivity index (χ4v) is 5.11. The summed E-state index contributed by atoms with van der Waals surface area (Å²) in [6.45, 7) is 8.29. The van der Waals surface area contributed by atoms with Gasteiger partial charge in [-0.15, -0.1) is 11.3 Å². The van der Waals surface area contributed by atoms with Crippen molar-refractivity contribution < 1.29 is 13.9 Å². The number of hydrogen-bond donors (Lipinski definition) is 1. The number of benzene rings is 3. The first-order valence-electron chi connectivity index (χ1n) is 12.5. The summed E-state index contributed by atoms with van der Waals surface area (Å²) < 4.78 is 11.7. The lowest BCUT2D eigenvalue weighted by molar-refractivity contribution is 0.102. The van der Waals surface area contributed by atoms with Crippen molar-refractivity contribution >= 4 is 39.0 Å². The van der Waals surface area contributed by atoms with Gasteiger partial charge in [0.15, 0.2) is 16.5 Å². The molecule has 0 radical (unpaired) electrons. The van der Waals surface area contributed by atoms with Crippen LogP contribution in [0.4, 0.5) is 10.8 Å². The molecule has 0 aliphatic carbocycles. The Morgan fingerprint density at radius 2 is 1.82 bits per heavy atom. The Kier molecular flexibility index (Phi) is 7.11. The molecule has 0 aliphatic rings. The van der Waals surface area contributed by atoms with Crippen LogP contribution in [-0.4, -0.2) is 18.0 Å². The zero-order valence-electron chi connectivity index (χ0n) is 22.1. The number of rotatable bonds is 6. The first-order chi connectivity index (χ1) is 18.4. The monoisotopic (exact) mass is 523 g/mol. The van der Waals surface area contributed by atoms with E-state index >= 15 is 0 Å². The summed E-state index contributed by atoms with van der Waals surface area (Å²) in [5.41, 5.74) is 7.22. The Morgan fingerprint density at radius 3 is 2.53 bits per heavy atom. The van der Waals surface area contributed by atoms with E-state index in [9.17, 15) is 4.79 Å². The lowest BCUT2D eigenvalue weighted by Crippen LogP contribution is -2.21. The molecule has 7 heteroatoms. The van der Waals surface area contributed by atoms with E-state index in [1.165, 1.54) is 22.5 Å². The van der Waals surface area contributed by atoms with Gasteiger partial charge < -0.3 is 9.15 Å². The molecule has 38 heavy (non-hydrogen) atoms. The minimum Gasteiger partial charge on any atom is -0.493 e. The zero-order chi connectivity index (χ0) is 26.8. The number of thiazole rings is 1. The molecule has 0 aliphatic heterocycles. The Balaban J connectivity index is 1.58. The first-order valence-corrected chi connectivity index (χ1v) is 13.3. The third kappa shape index (κ3) is 5.10. The van der Waals surface area contributed by atoms with E-state index in [1.807, 2.05) is 49.4 Å². The maximum absolute atomic E-state index is 13.6. The number of nitrogens with zero attached hydrogens (tertiary/aromatic N) is 2. The molecule has 2 heterocycles. The van der Waals surface area contributed by atoms with Gasteiger partial charge in [-0.05, 0) is 68.7 Å². The molecule has 5 rings (SSSR count). The maximum Gasteiger partial charge on any atom is 0.262 e. The van der Waals surface area contributed by atoms with Gasteiger partial charge in [0.25, 0.3) is 5.91 Å². The number of fused-ring (bicyclic) bond motifs is 1.